The molecule has 0 spiro atoms. The highest BCUT2D eigenvalue weighted by Gasteiger charge is 1.97. The Balaban J connectivity index is 2.63. The minimum atomic E-state index is 0.559. The maximum atomic E-state index is 5.67. The molecule has 1 rings (SSSR count). The lowest BCUT2D eigenvalue weighted by Crippen LogP contribution is -2.15. The largest absolute Gasteiger partial charge is 0.289 e. The lowest BCUT2D eigenvalue weighted by atomic mass is 10.1. The first-order valence-corrected chi connectivity index (χ1v) is 4.75. The summed E-state index contributed by atoms with van der Waals surface area (Å²) >= 11 is 5.67. The van der Waals surface area contributed by atoms with Gasteiger partial charge in [0.05, 0.1) is 6.00 Å². The quantitative estimate of drug-likeness (QED) is 0.528. The fourth-order valence-electron chi connectivity index (χ4n) is 1.11. The normalized spacial score (nSPS) is 10.4. The second kappa shape index (κ2) is 5.05. The Labute approximate surface area is 84.6 Å². The summed E-state index contributed by atoms with van der Waals surface area (Å²) in [6.07, 6.45) is 1.84. The van der Waals surface area contributed by atoms with Gasteiger partial charge < -0.3 is 0 Å². The Morgan fingerprint density at radius 1 is 1.38 bits per heavy atom. The smallest absolute Gasteiger partial charge is 0.0738 e. The monoisotopic (exact) mass is 195 g/mol. The fourth-order valence-corrected chi connectivity index (χ4v) is 1.20. The fraction of sp³-hybridized carbons (Fsp3) is 0.273. The predicted molar refractivity (Wildman–Crippen MR) is 58.7 cm³/mol. The molecule has 0 radical (unpaired) electrons. The van der Waals surface area contributed by atoms with E-state index in [4.69, 9.17) is 11.6 Å². The van der Waals surface area contributed by atoms with E-state index >= 15 is 0 Å². The van der Waals surface area contributed by atoms with Crippen LogP contribution in [-0.2, 0) is 6.54 Å². The summed E-state index contributed by atoms with van der Waals surface area (Å²) in [6.45, 7) is 4.60. The van der Waals surface area contributed by atoms with E-state index in [2.05, 4.69) is 30.8 Å². The van der Waals surface area contributed by atoms with Crippen LogP contribution in [0.3, 0.4) is 0 Å². The second-order valence-electron chi connectivity index (χ2n) is 3.08. The van der Waals surface area contributed by atoms with Crippen LogP contribution >= 0.6 is 11.6 Å². The summed E-state index contributed by atoms with van der Waals surface area (Å²) in [5, 5.41) is 0. The van der Waals surface area contributed by atoms with Gasteiger partial charge in [0.15, 0.2) is 0 Å². The maximum absolute atomic E-state index is 5.67. The number of nitrogens with zero attached hydrogens (tertiary/aromatic N) is 1. The topological polar surface area (TPSA) is 3.24 Å². The van der Waals surface area contributed by atoms with Gasteiger partial charge in [-0.2, -0.15) is 0 Å². The van der Waals surface area contributed by atoms with Crippen LogP contribution in [0.2, 0.25) is 0 Å². The molecule has 0 amide bonds. The standard InChI is InChI=1S/C11H14ClN/c1-3-10-4-6-11(7-5-10)8-13(2)9-12/h3-7H,1,8-9H2,2H3. The molecule has 0 heterocycles. The van der Waals surface area contributed by atoms with Gasteiger partial charge in [-0.3, -0.25) is 4.90 Å². The van der Waals surface area contributed by atoms with Gasteiger partial charge in [-0.1, -0.05) is 36.9 Å². The second-order valence-corrected chi connectivity index (χ2v) is 3.32. The highest BCUT2D eigenvalue weighted by Crippen LogP contribution is 2.07. The first-order chi connectivity index (χ1) is 6.26. The van der Waals surface area contributed by atoms with Gasteiger partial charge >= 0.3 is 0 Å². The Kier molecular flexibility index (Phi) is 4.00. The van der Waals surface area contributed by atoms with Crippen LogP contribution in [-0.4, -0.2) is 18.0 Å². The van der Waals surface area contributed by atoms with E-state index in [-0.39, 0.29) is 0 Å². The van der Waals surface area contributed by atoms with Crippen molar-refractivity contribution in [1.82, 2.24) is 4.90 Å². The number of alkyl halides is 1. The molecule has 0 atom stereocenters. The molecule has 1 aromatic rings. The SMILES string of the molecule is C=Cc1ccc(CN(C)CCl)cc1. The van der Waals surface area contributed by atoms with Crippen molar-refractivity contribution in [2.45, 2.75) is 6.54 Å². The molecule has 0 aliphatic rings. The van der Waals surface area contributed by atoms with Gasteiger partial charge in [-0.15, -0.1) is 11.6 Å². The Morgan fingerprint density at radius 2 is 2.00 bits per heavy atom. The van der Waals surface area contributed by atoms with Gasteiger partial charge in [0.2, 0.25) is 0 Å². The van der Waals surface area contributed by atoms with Gasteiger partial charge in [0, 0.05) is 6.54 Å². The summed E-state index contributed by atoms with van der Waals surface area (Å²) in [5.41, 5.74) is 2.42. The van der Waals surface area contributed by atoms with E-state index < -0.39 is 0 Å². The average molecular weight is 196 g/mol. The molecule has 2 heteroatoms. The predicted octanol–water partition coefficient (Wildman–Crippen LogP) is 2.96. The minimum absolute atomic E-state index is 0.559. The Morgan fingerprint density at radius 3 is 2.46 bits per heavy atom. The zero-order valence-electron chi connectivity index (χ0n) is 7.83. The molecule has 0 fully saturated rings. The van der Waals surface area contributed by atoms with Crippen molar-refractivity contribution < 1.29 is 0 Å². The van der Waals surface area contributed by atoms with Crippen LogP contribution in [0.4, 0.5) is 0 Å². The molecule has 70 valence electrons. The van der Waals surface area contributed by atoms with Crippen molar-refractivity contribution >= 4 is 17.7 Å². The number of benzene rings is 1. The van der Waals surface area contributed by atoms with Crippen molar-refractivity contribution in [3.05, 3.63) is 42.0 Å². The van der Waals surface area contributed by atoms with Gasteiger partial charge in [0.1, 0.15) is 0 Å². The van der Waals surface area contributed by atoms with Crippen LogP contribution in [0.1, 0.15) is 11.1 Å². The van der Waals surface area contributed by atoms with Crippen molar-refractivity contribution in [2.24, 2.45) is 0 Å². The van der Waals surface area contributed by atoms with E-state index in [1.165, 1.54) is 5.56 Å². The van der Waals surface area contributed by atoms with Gasteiger partial charge in [0.25, 0.3) is 0 Å². The lowest BCUT2D eigenvalue weighted by Gasteiger charge is -2.12. The first kappa shape index (κ1) is 10.3. The van der Waals surface area contributed by atoms with Crippen molar-refractivity contribution in [1.29, 1.82) is 0 Å². The molecule has 0 unspecified atom stereocenters. The highest BCUT2D eigenvalue weighted by molar-refractivity contribution is 6.17. The average Bonchev–Trinajstić information content (AvgIpc) is 2.19. The van der Waals surface area contributed by atoms with E-state index in [1.807, 2.05) is 18.0 Å². The van der Waals surface area contributed by atoms with Crippen molar-refractivity contribution in [2.75, 3.05) is 13.1 Å². The lowest BCUT2D eigenvalue weighted by molar-refractivity contribution is 0.382. The molecular weight excluding hydrogens is 182 g/mol. The van der Waals surface area contributed by atoms with Crippen LogP contribution in [0.5, 0.6) is 0 Å². The molecular formula is C11H14ClN. The molecule has 0 aliphatic carbocycles. The summed E-state index contributed by atoms with van der Waals surface area (Å²) in [7, 11) is 1.99. The van der Waals surface area contributed by atoms with E-state index in [0.717, 1.165) is 12.1 Å². The van der Waals surface area contributed by atoms with Crippen LogP contribution < -0.4 is 0 Å². The molecule has 0 N–H and O–H groups in total. The highest BCUT2D eigenvalue weighted by atomic mass is 35.5. The van der Waals surface area contributed by atoms with Crippen LogP contribution in [0, 0.1) is 0 Å². The molecule has 1 nitrogen and oxygen atoms in total. The number of rotatable bonds is 4. The molecule has 13 heavy (non-hydrogen) atoms. The third kappa shape index (κ3) is 3.21. The molecule has 0 aromatic heterocycles. The number of hydrogen-bond acceptors (Lipinski definition) is 1. The van der Waals surface area contributed by atoms with Crippen LogP contribution in [0.25, 0.3) is 6.08 Å². The summed E-state index contributed by atoms with van der Waals surface area (Å²) in [6, 6.07) is 8.87. The first-order valence-electron chi connectivity index (χ1n) is 4.22. The number of hydrogen-bond donors (Lipinski definition) is 0. The van der Waals surface area contributed by atoms with Gasteiger partial charge in [-0.25, -0.2) is 0 Å². The molecule has 1 aromatic carbocycles. The molecule has 0 saturated carbocycles. The zero-order valence-corrected chi connectivity index (χ0v) is 8.59. The Bertz CT molecular complexity index is 266. The maximum Gasteiger partial charge on any atom is 0.0738 e. The van der Waals surface area contributed by atoms with Crippen molar-refractivity contribution in [3.63, 3.8) is 0 Å². The molecule has 0 saturated heterocycles. The molecule has 0 bridgehead atoms. The number of halogens is 1. The third-order valence-electron chi connectivity index (χ3n) is 1.87. The summed E-state index contributed by atoms with van der Waals surface area (Å²) < 4.78 is 0. The van der Waals surface area contributed by atoms with Crippen LogP contribution in [0.15, 0.2) is 30.8 Å². The summed E-state index contributed by atoms with van der Waals surface area (Å²) in [4.78, 5) is 2.05. The minimum Gasteiger partial charge on any atom is -0.289 e. The zero-order chi connectivity index (χ0) is 9.68. The Hall–Kier alpha value is -0.790. The van der Waals surface area contributed by atoms with E-state index in [9.17, 15) is 0 Å². The van der Waals surface area contributed by atoms with Gasteiger partial charge in [-0.05, 0) is 18.2 Å². The van der Waals surface area contributed by atoms with E-state index in [1.54, 1.807) is 0 Å². The van der Waals surface area contributed by atoms with Crippen molar-refractivity contribution in [3.8, 4) is 0 Å². The van der Waals surface area contributed by atoms with E-state index in [0.29, 0.717) is 6.00 Å². The summed E-state index contributed by atoms with van der Waals surface area (Å²) in [5.74, 6) is 0. The third-order valence-corrected chi connectivity index (χ3v) is 2.28. The molecule has 0 aliphatic heterocycles.